The van der Waals surface area contributed by atoms with Crippen LogP contribution in [-0.4, -0.2) is 43.7 Å². The average Bonchev–Trinajstić information content (AvgIpc) is 2.58. The van der Waals surface area contributed by atoms with Crippen LogP contribution in [0.5, 0.6) is 0 Å². The Morgan fingerprint density at radius 3 is 2.58 bits per heavy atom. The lowest BCUT2D eigenvalue weighted by molar-refractivity contribution is -0.129. The predicted octanol–water partition coefficient (Wildman–Crippen LogP) is 2.39. The van der Waals surface area contributed by atoms with E-state index >= 15 is 0 Å². The van der Waals surface area contributed by atoms with Gasteiger partial charge in [0.05, 0.1) is 10.5 Å². The highest BCUT2D eigenvalue weighted by atomic mass is 32.2. The normalized spacial score (nSPS) is 18.6. The van der Waals surface area contributed by atoms with Gasteiger partial charge in [-0.15, -0.1) is 0 Å². The van der Waals surface area contributed by atoms with Gasteiger partial charge < -0.3 is 4.74 Å². The molecule has 7 heteroatoms. The number of carbonyl (C=O) groups is 2. The number of ether oxygens (including phenoxy) is 1. The minimum absolute atomic E-state index is 0.0515. The molecule has 132 valence electrons. The maximum absolute atomic E-state index is 12.5. The Morgan fingerprint density at radius 1 is 1.25 bits per heavy atom. The Morgan fingerprint density at radius 2 is 1.96 bits per heavy atom. The van der Waals surface area contributed by atoms with Gasteiger partial charge in [-0.05, 0) is 37.5 Å². The van der Waals surface area contributed by atoms with Gasteiger partial charge >= 0.3 is 5.97 Å². The van der Waals surface area contributed by atoms with Gasteiger partial charge in [-0.3, -0.25) is 4.79 Å². The van der Waals surface area contributed by atoms with Gasteiger partial charge in [0.1, 0.15) is 0 Å². The summed E-state index contributed by atoms with van der Waals surface area (Å²) < 4.78 is 31.7. The smallest absolute Gasteiger partial charge is 0.338 e. The first-order valence-electron chi connectivity index (χ1n) is 8.24. The minimum Gasteiger partial charge on any atom is -0.451 e. The van der Waals surface area contributed by atoms with Crippen LogP contribution in [0.2, 0.25) is 0 Å². The fourth-order valence-electron chi connectivity index (χ4n) is 2.77. The quantitative estimate of drug-likeness (QED) is 0.734. The Hall–Kier alpha value is -1.73. The number of ketones is 1. The van der Waals surface area contributed by atoms with E-state index in [4.69, 9.17) is 4.74 Å². The van der Waals surface area contributed by atoms with Gasteiger partial charge in [0, 0.05) is 19.5 Å². The lowest BCUT2D eigenvalue weighted by Gasteiger charge is -2.21. The van der Waals surface area contributed by atoms with Crippen LogP contribution in [0, 0.1) is 0 Å². The van der Waals surface area contributed by atoms with Crippen molar-refractivity contribution in [3.05, 3.63) is 29.8 Å². The van der Waals surface area contributed by atoms with Crippen molar-refractivity contribution in [3.8, 4) is 0 Å². The number of carbonyl (C=O) groups excluding carboxylic acids is 2. The molecule has 1 atom stereocenters. The van der Waals surface area contributed by atoms with Crippen molar-refractivity contribution >= 4 is 21.8 Å². The molecule has 0 amide bonds. The first-order valence-corrected chi connectivity index (χ1v) is 9.68. The van der Waals surface area contributed by atoms with Crippen molar-refractivity contribution in [2.45, 2.75) is 50.5 Å². The largest absolute Gasteiger partial charge is 0.451 e. The topological polar surface area (TPSA) is 80.8 Å². The van der Waals surface area contributed by atoms with Crippen LogP contribution in [0.1, 0.15) is 49.9 Å². The van der Waals surface area contributed by atoms with Gasteiger partial charge in [-0.2, -0.15) is 4.31 Å². The molecule has 6 nitrogen and oxygen atoms in total. The molecule has 1 fully saturated rings. The number of sulfonamides is 1. The Bertz CT molecular complexity index is 709. The molecule has 0 saturated heterocycles. The molecule has 1 aliphatic rings. The fourth-order valence-corrected chi connectivity index (χ4v) is 4.27. The van der Waals surface area contributed by atoms with Crippen LogP contribution in [0.3, 0.4) is 0 Å². The highest BCUT2D eigenvalue weighted by molar-refractivity contribution is 7.89. The molecule has 1 aromatic rings. The second kappa shape index (κ2) is 7.90. The molecule has 2 rings (SSSR count). The summed E-state index contributed by atoms with van der Waals surface area (Å²) in [5.74, 6) is -0.728. The third kappa shape index (κ3) is 4.02. The van der Waals surface area contributed by atoms with E-state index in [-0.39, 0.29) is 16.2 Å². The maximum atomic E-state index is 12.5. The molecule has 0 spiro atoms. The summed E-state index contributed by atoms with van der Waals surface area (Å²) in [7, 11) is -3.64. The van der Waals surface area contributed by atoms with E-state index in [1.807, 2.05) is 0 Å². The van der Waals surface area contributed by atoms with Crippen molar-refractivity contribution in [1.82, 2.24) is 4.31 Å². The number of benzene rings is 1. The van der Waals surface area contributed by atoms with Crippen molar-refractivity contribution in [3.63, 3.8) is 0 Å². The third-order valence-electron chi connectivity index (χ3n) is 4.16. The van der Waals surface area contributed by atoms with Gasteiger partial charge in [-0.1, -0.05) is 19.9 Å². The van der Waals surface area contributed by atoms with Crippen molar-refractivity contribution in [2.24, 2.45) is 0 Å². The van der Waals surface area contributed by atoms with Crippen LogP contribution >= 0.6 is 0 Å². The van der Waals surface area contributed by atoms with Gasteiger partial charge in [-0.25, -0.2) is 13.2 Å². The minimum atomic E-state index is -3.64. The van der Waals surface area contributed by atoms with E-state index in [1.54, 1.807) is 13.8 Å². The van der Waals surface area contributed by atoms with Crippen LogP contribution in [0.15, 0.2) is 29.2 Å². The lowest BCUT2D eigenvalue weighted by atomic mass is 9.96. The molecule has 0 unspecified atom stereocenters. The molecule has 0 radical (unpaired) electrons. The molecular weight excluding hydrogens is 330 g/mol. The average molecular weight is 353 g/mol. The van der Waals surface area contributed by atoms with Crippen LogP contribution in [-0.2, 0) is 19.6 Å². The summed E-state index contributed by atoms with van der Waals surface area (Å²) in [6.07, 6.45) is 1.91. The predicted molar refractivity (Wildman–Crippen MR) is 89.2 cm³/mol. The van der Waals surface area contributed by atoms with Gasteiger partial charge in [0.2, 0.25) is 10.0 Å². The number of Topliss-reactive ketones (excluding diaryl/α,β-unsaturated/α-hetero) is 1. The van der Waals surface area contributed by atoms with E-state index in [2.05, 4.69) is 0 Å². The fraction of sp³-hybridized carbons (Fsp3) is 0.529. The summed E-state index contributed by atoms with van der Waals surface area (Å²) in [6, 6.07) is 5.77. The molecule has 1 aliphatic carbocycles. The van der Waals surface area contributed by atoms with Crippen LogP contribution < -0.4 is 0 Å². The Labute approximate surface area is 142 Å². The molecule has 0 aliphatic heterocycles. The zero-order chi connectivity index (χ0) is 17.7. The number of esters is 1. The summed E-state index contributed by atoms with van der Waals surface area (Å²) in [4.78, 5) is 24.1. The monoisotopic (exact) mass is 353 g/mol. The molecule has 24 heavy (non-hydrogen) atoms. The third-order valence-corrected chi connectivity index (χ3v) is 6.21. The Kier molecular flexibility index (Phi) is 6.12. The summed E-state index contributed by atoms with van der Waals surface area (Å²) >= 11 is 0. The lowest BCUT2D eigenvalue weighted by Crippen LogP contribution is -2.31. The first kappa shape index (κ1) is 18.6. The highest BCUT2D eigenvalue weighted by Gasteiger charge is 2.27. The zero-order valence-corrected chi connectivity index (χ0v) is 14.8. The molecule has 0 bridgehead atoms. The highest BCUT2D eigenvalue weighted by Crippen LogP contribution is 2.21. The zero-order valence-electron chi connectivity index (χ0n) is 14.0. The molecular formula is C17H23NO5S. The number of hydrogen-bond donors (Lipinski definition) is 0. The van der Waals surface area contributed by atoms with Gasteiger partial charge in [0.15, 0.2) is 11.9 Å². The summed E-state index contributed by atoms with van der Waals surface area (Å²) in [6.45, 7) is 4.22. The molecule has 0 aromatic heterocycles. The first-order chi connectivity index (χ1) is 11.4. The van der Waals surface area contributed by atoms with Crippen LogP contribution in [0.4, 0.5) is 0 Å². The number of hydrogen-bond acceptors (Lipinski definition) is 5. The maximum Gasteiger partial charge on any atom is 0.338 e. The van der Waals surface area contributed by atoms with E-state index in [0.717, 1.165) is 12.8 Å². The molecule has 0 heterocycles. The van der Waals surface area contributed by atoms with Crippen molar-refractivity contribution in [2.75, 3.05) is 13.1 Å². The summed E-state index contributed by atoms with van der Waals surface area (Å²) in [5.41, 5.74) is 0.140. The van der Waals surface area contributed by atoms with Crippen molar-refractivity contribution < 1.29 is 22.7 Å². The standard InChI is InChI=1S/C17H23NO5S/c1-3-18(4-2)24(21,22)14-9-7-8-13(12-14)17(20)23-16-11-6-5-10-15(16)19/h7-9,12,16H,3-6,10-11H2,1-2H3/t16-/m0/s1. The molecule has 0 N–H and O–H groups in total. The van der Waals surface area contributed by atoms with E-state index in [1.165, 1.54) is 28.6 Å². The second-order valence-electron chi connectivity index (χ2n) is 5.72. The summed E-state index contributed by atoms with van der Waals surface area (Å²) in [5, 5.41) is 0. The molecule has 1 saturated carbocycles. The van der Waals surface area contributed by atoms with Gasteiger partial charge in [0.25, 0.3) is 0 Å². The second-order valence-corrected chi connectivity index (χ2v) is 7.66. The number of nitrogens with zero attached hydrogens (tertiary/aromatic N) is 1. The van der Waals surface area contributed by atoms with Crippen LogP contribution in [0.25, 0.3) is 0 Å². The Balaban J connectivity index is 2.20. The number of rotatable bonds is 6. The molecule has 1 aromatic carbocycles. The van der Waals surface area contributed by atoms with E-state index in [0.29, 0.717) is 25.9 Å². The van der Waals surface area contributed by atoms with Crippen molar-refractivity contribution in [1.29, 1.82) is 0 Å². The van der Waals surface area contributed by atoms with E-state index in [9.17, 15) is 18.0 Å². The van der Waals surface area contributed by atoms with E-state index < -0.39 is 22.1 Å². The SMILES string of the molecule is CCN(CC)S(=O)(=O)c1cccc(C(=O)O[C@H]2CCCCC2=O)c1.